The Labute approximate surface area is 143 Å². The highest BCUT2D eigenvalue weighted by molar-refractivity contribution is 5.79. The third-order valence-corrected chi connectivity index (χ3v) is 3.99. The van der Waals surface area contributed by atoms with Crippen LogP contribution in [0, 0.1) is 11.6 Å². The summed E-state index contributed by atoms with van der Waals surface area (Å²) < 4.78 is 34.2. The summed E-state index contributed by atoms with van der Waals surface area (Å²) >= 11 is 0. The van der Waals surface area contributed by atoms with Crippen molar-refractivity contribution in [2.24, 2.45) is 0 Å². The van der Waals surface area contributed by atoms with Crippen LogP contribution in [0.15, 0.2) is 43.0 Å². The van der Waals surface area contributed by atoms with Crippen molar-refractivity contribution in [1.82, 2.24) is 0 Å². The maximum Gasteiger partial charge on any atom is 0.134 e. The molecule has 0 fully saturated rings. The van der Waals surface area contributed by atoms with Gasteiger partial charge in [0.05, 0.1) is 12.2 Å². The Kier molecular flexibility index (Phi) is 6.53. The molecule has 0 spiro atoms. The highest BCUT2D eigenvalue weighted by atomic mass is 19.1. The molecule has 0 radical (unpaired) electrons. The Morgan fingerprint density at radius 3 is 2.17 bits per heavy atom. The van der Waals surface area contributed by atoms with E-state index in [0.29, 0.717) is 29.7 Å². The van der Waals surface area contributed by atoms with E-state index in [1.807, 2.05) is 6.92 Å². The molecule has 0 aliphatic rings. The van der Waals surface area contributed by atoms with Crippen LogP contribution >= 0.6 is 0 Å². The van der Waals surface area contributed by atoms with Gasteiger partial charge in [0, 0.05) is 0 Å². The first kappa shape index (κ1) is 18.2. The third-order valence-electron chi connectivity index (χ3n) is 3.99. The molecule has 0 aromatic heterocycles. The molecule has 0 saturated heterocycles. The number of halogens is 2. The van der Waals surface area contributed by atoms with Crippen LogP contribution in [0.5, 0.6) is 5.75 Å². The number of aryl methyl sites for hydroxylation is 1. The molecule has 2 aromatic carbocycles. The van der Waals surface area contributed by atoms with Gasteiger partial charge in [0.2, 0.25) is 0 Å². The first-order valence-electron chi connectivity index (χ1n) is 8.47. The van der Waals surface area contributed by atoms with Crippen molar-refractivity contribution >= 4 is 5.57 Å². The van der Waals surface area contributed by atoms with Crippen molar-refractivity contribution in [3.8, 4) is 5.75 Å². The van der Waals surface area contributed by atoms with Crippen LogP contribution in [0.3, 0.4) is 0 Å². The van der Waals surface area contributed by atoms with Crippen molar-refractivity contribution in [2.75, 3.05) is 6.61 Å². The number of benzene rings is 2. The predicted octanol–water partition coefficient (Wildman–Crippen LogP) is 6.16. The Morgan fingerprint density at radius 1 is 1.00 bits per heavy atom. The second-order valence-electron chi connectivity index (χ2n) is 5.83. The quantitative estimate of drug-likeness (QED) is 0.527. The van der Waals surface area contributed by atoms with E-state index in [1.165, 1.54) is 12.1 Å². The van der Waals surface area contributed by atoms with E-state index >= 15 is 0 Å². The van der Waals surface area contributed by atoms with Gasteiger partial charge < -0.3 is 4.74 Å². The molecule has 1 nitrogen and oxygen atoms in total. The van der Waals surface area contributed by atoms with Crippen molar-refractivity contribution < 1.29 is 13.5 Å². The summed E-state index contributed by atoms with van der Waals surface area (Å²) in [5, 5.41) is 0. The number of rotatable bonds is 8. The van der Waals surface area contributed by atoms with Crippen LogP contribution in [0.2, 0.25) is 0 Å². The third kappa shape index (κ3) is 4.44. The normalized spacial score (nSPS) is 10.7. The molecule has 128 valence electrons. The van der Waals surface area contributed by atoms with Gasteiger partial charge in [-0.05, 0) is 60.7 Å². The van der Waals surface area contributed by atoms with Crippen LogP contribution in [-0.4, -0.2) is 6.61 Å². The summed E-state index contributed by atoms with van der Waals surface area (Å²) in [6.07, 6.45) is 3.77. The number of ether oxygens (including phenoxy) is 1. The van der Waals surface area contributed by atoms with E-state index in [1.54, 1.807) is 24.3 Å². The van der Waals surface area contributed by atoms with Crippen molar-refractivity contribution in [3.63, 3.8) is 0 Å². The number of hydrogen-bond donors (Lipinski definition) is 0. The lowest BCUT2D eigenvalue weighted by atomic mass is 9.96. The Balaban J connectivity index is 2.22. The molecule has 0 aliphatic heterocycles. The lowest BCUT2D eigenvalue weighted by Gasteiger charge is -2.12. The van der Waals surface area contributed by atoms with E-state index in [4.69, 9.17) is 4.74 Å². The second kappa shape index (κ2) is 8.62. The molecule has 24 heavy (non-hydrogen) atoms. The Bertz CT molecular complexity index is 666. The van der Waals surface area contributed by atoms with Gasteiger partial charge in [0.25, 0.3) is 0 Å². The average Bonchev–Trinajstić information content (AvgIpc) is 2.55. The van der Waals surface area contributed by atoms with Crippen LogP contribution in [-0.2, 0) is 6.42 Å². The lowest BCUT2D eigenvalue weighted by molar-refractivity contribution is 0.340. The van der Waals surface area contributed by atoms with E-state index < -0.39 is 11.6 Å². The molecule has 0 atom stereocenters. The molecule has 2 rings (SSSR count). The van der Waals surface area contributed by atoms with Gasteiger partial charge in [-0.3, -0.25) is 0 Å². The molecule has 0 aliphatic carbocycles. The van der Waals surface area contributed by atoms with Crippen molar-refractivity contribution in [1.29, 1.82) is 0 Å². The second-order valence-corrected chi connectivity index (χ2v) is 5.83. The van der Waals surface area contributed by atoms with Crippen LogP contribution < -0.4 is 4.74 Å². The van der Waals surface area contributed by atoms with E-state index in [9.17, 15) is 8.78 Å². The van der Waals surface area contributed by atoms with E-state index in [2.05, 4.69) is 13.5 Å². The molecular weight excluding hydrogens is 306 g/mol. The molecule has 0 saturated carbocycles. The van der Waals surface area contributed by atoms with Crippen LogP contribution in [0.4, 0.5) is 8.78 Å². The standard InChI is InChI=1S/C21H24F2O/c1-4-6-7-8-16-13-19(22)21(20(23)14-16)15(3)17-9-11-18(12-10-17)24-5-2/h9-14H,3-8H2,1-2H3. The van der Waals surface area contributed by atoms with Gasteiger partial charge in [0.1, 0.15) is 17.4 Å². The van der Waals surface area contributed by atoms with E-state index in [0.717, 1.165) is 25.0 Å². The van der Waals surface area contributed by atoms with E-state index in [-0.39, 0.29) is 5.56 Å². The van der Waals surface area contributed by atoms with Gasteiger partial charge in [-0.15, -0.1) is 0 Å². The largest absolute Gasteiger partial charge is 0.494 e. The predicted molar refractivity (Wildman–Crippen MR) is 95.3 cm³/mol. The zero-order valence-corrected chi connectivity index (χ0v) is 14.4. The Morgan fingerprint density at radius 2 is 1.62 bits per heavy atom. The lowest BCUT2D eigenvalue weighted by Crippen LogP contribution is -1.99. The SMILES string of the molecule is C=C(c1ccc(OCC)cc1)c1c(F)cc(CCCCC)cc1F. The van der Waals surface area contributed by atoms with Gasteiger partial charge in [-0.2, -0.15) is 0 Å². The highest BCUT2D eigenvalue weighted by Gasteiger charge is 2.15. The average molecular weight is 330 g/mol. The zero-order chi connectivity index (χ0) is 17.5. The molecular formula is C21H24F2O. The summed E-state index contributed by atoms with van der Waals surface area (Å²) in [7, 11) is 0. The maximum absolute atomic E-state index is 14.4. The topological polar surface area (TPSA) is 9.23 Å². The number of hydrogen-bond acceptors (Lipinski definition) is 1. The molecule has 0 amide bonds. The molecule has 0 unspecified atom stereocenters. The molecule has 0 heterocycles. The monoisotopic (exact) mass is 330 g/mol. The smallest absolute Gasteiger partial charge is 0.134 e. The summed E-state index contributed by atoms with van der Waals surface area (Å²) in [6.45, 7) is 8.45. The minimum atomic E-state index is -0.555. The zero-order valence-electron chi connectivity index (χ0n) is 14.4. The van der Waals surface area contributed by atoms with Crippen molar-refractivity contribution in [2.45, 2.75) is 39.5 Å². The minimum Gasteiger partial charge on any atom is -0.494 e. The molecule has 3 heteroatoms. The maximum atomic E-state index is 14.4. The fourth-order valence-electron chi connectivity index (χ4n) is 2.70. The summed E-state index contributed by atoms with van der Waals surface area (Å²) in [5.41, 5.74) is 1.66. The molecule has 0 bridgehead atoms. The minimum absolute atomic E-state index is 0.0570. The van der Waals surface area contributed by atoms with Gasteiger partial charge in [0.15, 0.2) is 0 Å². The van der Waals surface area contributed by atoms with Crippen LogP contribution in [0.25, 0.3) is 5.57 Å². The Hall–Kier alpha value is -2.16. The fourth-order valence-corrected chi connectivity index (χ4v) is 2.70. The molecule has 0 N–H and O–H groups in total. The summed E-state index contributed by atoms with van der Waals surface area (Å²) in [6, 6.07) is 9.93. The first-order chi connectivity index (χ1) is 11.6. The fraction of sp³-hybridized carbons (Fsp3) is 0.333. The van der Waals surface area contributed by atoms with Gasteiger partial charge >= 0.3 is 0 Å². The summed E-state index contributed by atoms with van der Waals surface area (Å²) in [4.78, 5) is 0. The van der Waals surface area contributed by atoms with Gasteiger partial charge in [-0.25, -0.2) is 8.78 Å². The highest BCUT2D eigenvalue weighted by Crippen LogP contribution is 2.29. The summed E-state index contributed by atoms with van der Waals surface area (Å²) in [5.74, 6) is -0.387. The first-order valence-corrected chi connectivity index (χ1v) is 8.47. The molecule has 2 aromatic rings. The van der Waals surface area contributed by atoms with Gasteiger partial charge in [-0.1, -0.05) is 38.5 Å². The van der Waals surface area contributed by atoms with Crippen molar-refractivity contribution in [3.05, 3.63) is 71.3 Å². The van der Waals surface area contributed by atoms with Crippen LogP contribution in [0.1, 0.15) is 49.8 Å². The number of unbranched alkanes of at least 4 members (excludes halogenated alkanes) is 2.